The zero-order valence-corrected chi connectivity index (χ0v) is 14.7. The van der Waals surface area contributed by atoms with Crippen LogP contribution in [-0.2, 0) is 16.6 Å². The Kier molecular flexibility index (Phi) is 5.16. The lowest BCUT2D eigenvalue weighted by molar-refractivity contribution is -0.126. The van der Waals surface area contributed by atoms with Crippen LogP contribution in [0, 0.1) is 0 Å². The van der Waals surface area contributed by atoms with E-state index in [4.69, 9.17) is 0 Å². The molecule has 2 heterocycles. The van der Waals surface area contributed by atoms with E-state index < -0.39 is 6.04 Å². The quantitative estimate of drug-likeness (QED) is 0.877. The molecule has 3 rings (SSSR count). The molecule has 1 aromatic carbocycles. The second kappa shape index (κ2) is 7.51. The van der Waals surface area contributed by atoms with Gasteiger partial charge in [0.15, 0.2) is 0 Å². The van der Waals surface area contributed by atoms with E-state index in [-0.39, 0.29) is 17.7 Å². The maximum Gasteiger partial charge on any atom is 0.249 e. The summed E-state index contributed by atoms with van der Waals surface area (Å²) in [4.78, 5) is 26.7. The highest BCUT2D eigenvalue weighted by Gasteiger charge is 2.34. The first-order valence-electron chi connectivity index (χ1n) is 8.72. The summed E-state index contributed by atoms with van der Waals surface area (Å²) < 4.78 is 1.67. The molecule has 0 radical (unpaired) electrons. The van der Waals surface area contributed by atoms with Crippen LogP contribution in [0.4, 0.5) is 5.69 Å². The predicted octanol–water partition coefficient (Wildman–Crippen LogP) is 2.23. The monoisotopic (exact) mass is 340 g/mol. The van der Waals surface area contributed by atoms with Crippen LogP contribution < -0.4 is 10.2 Å². The Bertz CT molecular complexity index is 741. The van der Waals surface area contributed by atoms with Crippen LogP contribution in [0.15, 0.2) is 42.7 Å². The molecule has 1 aliphatic rings. The van der Waals surface area contributed by atoms with Gasteiger partial charge in [-0.3, -0.25) is 14.3 Å². The zero-order chi connectivity index (χ0) is 17.8. The van der Waals surface area contributed by atoms with Crippen molar-refractivity contribution in [2.45, 2.75) is 38.1 Å². The maximum atomic E-state index is 12.6. The van der Waals surface area contributed by atoms with Gasteiger partial charge < -0.3 is 10.2 Å². The molecule has 1 fully saturated rings. The molecular weight excluding hydrogens is 316 g/mol. The van der Waals surface area contributed by atoms with Gasteiger partial charge in [-0.25, -0.2) is 0 Å². The topological polar surface area (TPSA) is 67.2 Å². The van der Waals surface area contributed by atoms with Crippen molar-refractivity contribution >= 4 is 17.5 Å². The number of aryl methyl sites for hydroxylation is 1. The zero-order valence-electron chi connectivity index (χ0n) is 14.7. The van der Waals surface area contributed by atoms with Crippen molar-refractivity contribution in [3.63, 3.8) is 0 Å². The smallest absolute Gasteiger partial charge is 0.249 e. The van der Waals surface area contributed by atoms with E-state index in [9.17, 15) is 9.59 Å². The van der Waals surface area contributed by atoms with E-state index in [0.717, 1.165) is 17.7 Å². The maximum absolute atomic E-state index is 12.6. The Morgan fingerprint density at radius 1 is 1.36 bits per heavy atom. The lowest BCUT2D eigenvalue weighted by Gasteiger charge is -2.18. The summed E-state index contributed by atoms with van der Waals surface area (Å²) in [6.45, 7) is 2.68. The minimum Gasteiger partial charge on any atom is -0.344 e. The van der Waals surface area contributed by atoms with E-state index in [0.29, 0.717) is 19.4 Å². The lowest BCUT2D eigenvalue weighted by Crippen LogP contribution is -2.41. The number of carbonyl (C=O) groups is 2. The Balaban J connectivity index is 1.59. The van der Waals surface area contributed by atoms with Crippen molar-refractivity contribution in [1.82, 2.24) is 15.1 Å². The fourth-order valence-electron chi connectivity index (χ4n) is 3.32. The molecule has 0 spiro atoms. The van der Waals surface area contributed by atoms with Crippen molar-refractivity contribution in [2.75, 3.05) is 11.4 Å². The molecule has 1 aliphatic heterocycles. The molecule has 0 unspecified atom stereocenters. The number of rotatable bonds is 6. The van der Waals surface area contributed by atoms with Gasteiger partial charge in [0.25, 0.3) is 0 Å². The predicted molar refractivity (Wildman–Crippen MR) is 96.2 cm³/mol. The first-order valence-corrected chi connectivity index (χ1v) is 8.72. The van der Waals surface area contributed by atoms with Gasteiger partial charge in [0.1, 0.15) is 6.04 Å². The summed E-state index contributed by atoms with van der Waals surface area (Å²) in [5.74, 6) is 0.0448. The third-order valence-corrected chi connectivity index (χ3v) is 4.74. The molecule has 2 atom stereocenters. The third-order valence-electron chi connectivity index (χ3n) is 4.74. The van der Waals surface area contributed by atoms with E-state index in [1.807, 2.05) is 43.6 Å². The number of nitrogens with one attached hydrogen (secondary N) is 1. The van der Waals surface area contributed by atoms with Crippen molar-refractivity contribution in [1.29, 1.82) is 0 Å². The molecule has 2 aromatic rings. The third kappa shape index (κ3) is 3.90. The van der Waals surface area contributed by atoms with Crippen LogP contribution in [0.25, 0.3) is 0 Å². The second-order valence-corrected chi connectivity index (χ2v) is 6.49. The Morgan fingerprint density at radius 3 is 2.76 bits per heavy atom. The summed E-state index contributed by atoms with van der Waals surface area (Å²) in [6.07, 6.45) is 5.39. The largest absolute Gasteiger partial charge is 0.344 e. The molecular formula is C19H24N4O2. The highest BCUT2D eigenvalue weighted by Crippen LogP contribution is 2.24. The highest BCUT2D eigenvalue weighted by atomic mass is 16.2. The Morgan fingerprint density at radius 2 is 2.12 bits per heavy atom. The van der Waals surface area contributed by atoms with Crippen molar-refractivity contribution < 1.29 is 9.59 Å². The summed E-state index contributed by atoms with van der Waals surface area (Å²) in [6, 6.07) is 9.60. The molecule has 1 N–H and O–H groups in total. The molecule has 2 amide bonds. The standard InChI is InChI=1S/C19H24N4O2/c1-3-14(15-7-5-4-6-8-15)11-18(24)21-17-9-10-23(19(17)25)16-12-20-22(2)13-16/h4-8,12-14,17H,3,9-11H2,1-2H3,(H,21,24)/t14-,17-/m0/s1. The van der Waals surface area contributed by atoms with Gasteiger partial charge in [0.2, 0.25) is 11.8 Å². The van der Waals surface area contributed by atoms with Gasteiger partial charge in [0.05, 0.1) is 11.9 Å². The molecule has 132 valence electrons. The lowest BCUT2D eigenvalue weighted by atomic mass is 9.93. The van der Waals surface area contributed by atoms with Crippen LogP contribution in [0.2, 0.25) is 0 Å². The summed E-state index contributed by atoms with van der Waals surface area (Å²) >= 11 is 0. The molecule has 1 saturated heterocycles. The number of amides is 2. The van der Waals surface area contributed by atoms with Gasteiger partial charge >= 0.3 is 0 Å². The molecule has 0 aliphatic carbocycles. The van der Waals surface area contributed by atoms with E-state index in [2.05, 4.69) is 17.3 Å². The van der Waals surface area contributed by atoms with Crippen molar-refractivity contribution in [3.8, 4) is 0 Å². The first-order chi connectivity index (χ1) is 12.1. The van der Waals surface area contributed by atoms with Gasteiger partial charge in [-0.05, 0) is 24.3 Å². The van der Waals surface area contributed by atoms with Crippen LogP contribution in [-0.4, -0.2) is 34.2 Å². The number of aromatic nitrogens is 2. The van der Waals surface area contributed by atoms with E-state index in [1.165, 1.54) is 0 Å². The SMILES string of the molecule is CC[C@@H](CC(=O)N[C@H]1CCN(c2cnn(C)c2)C1=O)c1ccccc1. The fraction of sp³-hybridized carbons (Fsp3) is 0.421. The Hall–Kier alpha value is -2.63. The van der Waals surface area contributed by atoms with Crippen LogP contribution in [0.1, 0.15) is 37.7 Å². The first kappa shape index (κ1) is 17.2. The summed E-state index contributed by atoms with van der Waals surface area (Å²) in [5.41, 5.74) is 1.94. The number of hydrogen-bond acceptors (Lipinski definition) is 3. The molecule has 0 saturated carbocycles. The minimum absolute atomic E-state index is 0.0610. The minimum atomic E-state index is -0.444. The number of benzene rings is 1. The number of hydrogen-bond donors (Lipinski definition) is 1. The molecule has 0 bridgehead atoms. The molecule has 6 nitrogen and oxygen atoms in total. The van der Waals surface area contributed by atoms with Gasteiger partial charge in [-0.15, -0.1) is 0 Å². The number of anilines is 1. The van der Waals surface area contributed by atoms with Crippen molar-refractivity contribution in [3.05, 3.63) is 48.3 Å². The summed E-state index contributed by atoms with van der Waals surface area (Å²) in [5, 5.41) is 7.01. The van der Waals surface area contributed by atoms with Crippen molar-refractivity contribution in [2.24, 2.45) is 7.05 Å². The van der Waals surface area contributed by atoms with Gasteiger partial charge in [-0.2, -0.15) is 5.10 Å². The average molecular weight is 340 g/mol. The van der Waals surface area contributed by atoms with E-state index in [1.54, 1.807) is 15.8 Å². The van der Waals surface area contributed by atoms with Crippen LogP contribution in [0.5, 0.6) is 0 Å². The van der Waals surface area contributed by atoms with Gasteiger partial charge in [-0.1, -0.05) is 37.3 Å². The molecule has 25 heavy (non-hydrogen) atoms. The Labute approximate surface area is 147 Å². The second-order valence-electron chi connectivity index (χ2n) is 6.49. The van der Waals surface area contributed by atoms with Gasteiger partial charge in [0, 0.05) is 26.2 Å². The summed E-state index contributed by atoms with van der Waals surface area (Å²) in [7, 11) is 1.82. The highest BCUT2D eigenvalue weighted by molar-refractivity contribution is 6.01. The van der Waals surface area contributed by atoms with Crippen LogP contribution >= 0.6 is 0 Å². The molecule has 1 aromatic heterocycles. The number of nitrogens with zero attached hydrogens (tertiary/aromatic N) is 3. The van der Waals surface area contributed by atoms with E-state index >= 15 is 0 Å². The fourth-order valence-corrected chi connectivity index (χ4v) is 3.32. The molecule has 6 heteroatoms. The normalized spacial score (nSPS) is 18.4. The number of carbonyl (C=O) groups excluding carboxylic acids is 2. The average Bonchev–Trinajstić information content (AvgIpc) is 3.20. The van der Waals surface area contributed by atoms with Crippen LogP contribution in [0.3, 0.4) is 0 Å².